The van der Waals surface area contributed by atoms with Gasteiger partial charge in [0.05, 0.1) is 26.4 Å². The van der Waals surface area contributed by atoms with Gasteiger partial charge < -0.3 is 34.2 Å². The second kappa shape index (κ2) is 92.4. The predicted octanol–water partition coefficient (Wildman–Crippen LogP) is 29.7. The molecule has 0 radical (unpaired) electrons. The number of carbonyl (C=O) groups is 3. The van der Waals surface area contributed by atoms with E-state index in [1.54, 1.807) is 0 Å². The molecule has 0 saturated carbocycles. The average molecular weight is 1710 g/mol. The molecular weight excluding hydrogens is 1530 g/mol. The Labute approximate surface area is 727 Å². The predicted molar refractivity (Wildman–Crippen MR) is 500 cm³/mol. The van der Waals surface area contributed by atoms with Gasteiger partial charge in [0, 0.05) is 19.3 Å². The lowest BCUT2D eigenvalue weighted by molar-refractivity contribution is -0.161. The van der Waals surface area contributed by atoms with Crippen LogP contribution in [-0.2, 0) is 55.8 Å². The Morgan fingerprint density at radius 1 is 0.244 bits per heavy atom. The summed E-state index contributed by atoms with van der Waals surface area (Å²) < 4.78 is 61.5. The first-order valence-electron chi connectivity index (χ1n) is 47.8. The Morgan fingerprint density at radius 2 is 0.445 bits per heavy atom. The lowest BCUT2D eigenvalue weighted by Gasteiger charge is -2.21. The van der Waals surface area contributed by atoms with Crippen LogP contribution in [0.5, 0.6) is 0 Å². The molecule has 0 amide bonds. The molecule has 0 rings (SSSR count). The van der Waals surface area contributed by atoms with Gasteiger partial charge in [0.2, 0.25) is 0 Å². The monoisotopic (exact) mass is 1710 g/mol. The molecule has 5 atom stereocenters. The van der Waals surface area contributed by atoms with Crippen molar-refractivity contribution in [3.8, 4) is 0 Å². The highest BCUT2D eigenvalue weighted by atomic mass is 31.2. The molecule has 18 heteroatoms. The average Bonchev–Trinajstić information content (AvgIpc) is 0.941. The number of hydrogen-bond donors (Lipinski definition) is 4. The first kappa shape index (κ1) is 114. The molecule has 119 heavy (non-hydrogen) atoms. The van der Waals surface area contributed by atoms with Gasteiger partial charge in [-0.1, -0.05) is 397 Å². The van der Waals surface area contributed by atoms with E-state index in [-0.39, 0.29) is 19.3 Å². The van der Waals surface area contributed by atoms with E-state index < -0.39 is 91.5 Å². The number of phosphoric ester groups is 2. The summed E-state index contributed by atoms with van der Waals surface area (Å²) in [6, 6.07) is 0. The minimum atomic E-state index is -4.95. The molecule has 0 aromatic heterocycles. The SMILES string of the molecule is CC/C=C\C/C=C\C/C=C\C/C=C\C/C=C\CCCCCCCCCCCCCCCCCCCC(=O)OCC(O)COP(=O)(O)OCC(O)COP(=O)(O)OCC(COC(=O)CCCCCCCCCCCCCCCCC/C=C\C/C=C\C/C=C\C/C=C\C/C=C\CC)OC(=O)CCCCCCCC/C=C\C/C=C\C/C=C\CCCCC. The van der Waals surface area contributed by atoms with E-state index in [9.17, 15) is 43.5 Å². The lowest BCUT2D eigenvalue weighted by atomic mass is 10.0. The van der Waals surface area contributed by atoms with Crippen molar-refractivity contribution < 1.29 is 75.8 Å². The Morgan fingerprint density at radius 3 is 0.706 bits per heavy atom. The first-order valence-corrected chi connectivity index (χ1v) is 50.8. The van der Waals surface area contributed by atoms with Gasteiger partial charge in [-0.25, -0.2) is 9.13 Å². The molecule has 5 unspecified atom stereocenters. The zero-order valence-electron chi connectivity index (χ0n) is 75.5. The maximum atomic E-state index is 13.1. The molecule has 0 saturated heterocycles. The number of carbonyl (C=O) groups excluding carboxylic acids is 3. The van der Waals surface area contributed by atoms with E-state index in [1.807, 2.05) is 0 Å². The number of phosphoric acid groups is 2. The van der Waals surface area contributed by atoms with Crippen molar-refractivity contribution in [3.63, 3.8) is 0 Å². The summed E-state index contributed by atoms with van der Waals surface area (Å²) in [7, 11) is -9.81. The quantitative estimate of drug-likeness (QED) is 0.0146. The second-order valence-electron chi connectivity index (χ2n) is 31.8. The van der Waals surface area contributed by atoms with E-state index in [2.05, 4.69) is 179 Å². The van der Waals surface area contributed by atoms with Gasteiger partial charge in [-0.2, -0.15) is 0 Å². The van der Waals surface area contributed by atoms with Crippen LogP contribution in [0.1, 0.15) is 406 Å². The zero-order valence-corrected chi connectivity index (χ0v) is 77.3. The highest BCUT2D eigenvalue weighted by molar-refractivity contribution is 7.47. The fraction of sp³-hybridized carbons (Fsp3) is 0.713. The smallest absolute Gasteiger partial charge is 0.463 e. The number of aliphatic hydroxyl groups excluding tert-OH is 2. The van der Waals surface area contributed by atoms with Crippen LogP contribution >= 0.6 is 15.6 Å². The van der Waals surface area contributed by atoms with E-state index in [0.717, 1.165) is 161 Å². The minimum Gasteiger partial charge on any atom is -0.463 e. The molecule has 0 aromatic rings. The van der Waals surface area contributed by atoms with Crippen LogP contribution < -0.4 is 0 Å². The van der Waals surface area contributed by atoms with Crippen molar-refractivity contribution in [3.05, 3.63) is 158 Å². The molecule has 0 heterocycles. The third-order valence-electron chi connectivity index (χ3n) is 20.2. The zero-order chi connectivity index (χ0) is 86.5. The summed E-state index contributed by atoms with van der Waals surface area (Å²) in [4.78, 5) is 59.0. The topological polar surface area (TPSA) is 231 Å². The molecule has 0 aromatic carbocycles. The van der Waals surface area contributed by atoms with Crippen LogP contribution in [0.25, 0.3) is 0 Å². The summed E-state index contributed by atoms with van der Waals surface area (Å²) in [6.45, 7) is 2.47. The number of aliphatic hydroxyl groups is 2. The van der Waals surface area contributed by atoms with Crippen LogP contribution in [0, 0.1) is 0 Å². The molecule has 4 N–H and O–H groups in total. The molecule has 0 fully saturated rings. The minimum absolute atomic E-state index is 0.0886. The highest BCUT2D eigenvalue weighted by Crippen LogP contribution is 2.45. The lowest BCUT2D eigenvalue weighted by Crippen LogP contribution is -2.30. The van der Waals surface area contributed by atoms with Crippen LogP contribution in [0.4, 0.5) is 0 Å². The summed E-state index contributed by atoms with van der Waals surface area (Å²) >= 11 is 0. The summed E-state index contributed by atoms with van der Waals surface area (Å²) in [5, 5.41) is 20.7. The van der Waals surface area contributed by atoms with Crippen LogP contribution in [0.2, 0.25) is 0 Å². The van der Waals surface area contributed by atoms with Crippen LogP contribution in [0.3, 0.4) is 0 Å². The van der Waals surface area contributed by atoms with Crippen molar-refractivity contribution in [2.24, 2.45) is 0 Å². The van der Waals surface area contributed by atoms with Crippen LogP contribution in [-0.4, -0.2) is 95.9 Å². The van der Waals surface area contributed by atoms with Crippen molar-refractivity contribution >= 4 is 33.6 Å². The molecule has 16 nitrogen and oxygen atoms in total. The van der Waals surface area contributed by atoms with Gasteiger partial charge >= 0.3 is 33.6 Å². The number of esters is 3. The number of unbranched alkanes of at least 4 members (excludes halogenated alkanes) is 41. The summed E-state index contributed by atoms with van der Waals surface area (Å²) in [6.07, 6.45) is 119. The molecule has 0 aliphatic carbocycles. The highest BCUT2D eigenvalue weighted by Gasteiger charge is 2.30. The van der Waals surface area contributed by atoms with Crippen molar-refractivity contribution in [1.82, 2.24) is 0 Å². The van der Waals surface area contributed by atoms with Gasteiger partial charge in [-0.15, -0.1) is 0 Å². The Kier molecular flexibility index (Phi) is 88.6. The molecule has 0 spiro atoms. The normalized spacial score (nSPS) is 14.4. The second-order valence-corrected chi connectivity index (χ2v) is 34.7. The molecular formula is C101H174O16P2. The van der Waals surface area contributed by atoms with Crippen molar-refractivity contribution in [1.29, 1.82) is 0 Å². The number of hydrogen-bond acceptors (Lipinski definition) is 14. The van der Waals surface area contributed by atoms with Gasteiger partial charge in [-0.05, 0) is 148 Å². The van der Waals surface area contributed by atoms with E-state index >= 15 is 0 Å². The molecule has 0 bridgehead atoms. The number of rotatable bonds is 90. The third-order valence-corrected chi connectivity index (χ3v) is 22.1. The summed E-state index contributed by atoms with van der Waals surface area (Å²) in [5.74, 6) is -1.58. The molecule has 684 valence electrons. The number of allylic oxidation sites excluding steroid dienone is 26. The Hall–Kier alpha value is -4.83. The maximum Gasteiger partial charge on any atom is 0.472 e. The van der Waals surface area contributed by atoms with Gasteiger partial charge in [0.25, 0.3) is 0 Å². The summed E-state index contributed by atoms with van der Waals surface area (Å²) in [5.41, 5.74) is 0. The van der Waals surface area contributed by atoms with Crippen molar-refractivity contribution in [2.75, 3.05) is 39.6 Å². The Bertz CT molecular complexity index is 2790. The molecule has 0 aliphatic heterocycles. The molecule has 0 aliphatic rings. The van der Waals surface area contributed by atoms with E-state index in [0.29, 0.717) is 19.3 Å². The largest absolute Gasteiger partial charge is 0.472 e. The number of ether oxygens (including phenoxy) is 3. The van der Waals surface area contributed by atoms with E-state index in [4.69, 9.17) is 32.3 Å². The fourth-order valence-corrected chi connectivity index (χ4v) is 14.6. The van der Waals surface area contributed by atoms with Gasteiger partial charge in [0.1, 0.15) is 25.4 Å². The van der Waals surface area contributed by atoms with Crippen LogP contribution in [0.15, 0.2) is 158 Å². The van der Waals surface area contributed by atoms with E-state index in [1.165, 1.54) is 186 Å². The Balaban J connectivity index is 4.52. The first-order chi connectivity index (χ1) is 58.2. The van der Waals surface area contributed by atoms with Gasteiger partial charge in [-0.3, -0.25) is 32.5 Å². The van der Waals surface area contributed by atoms with Gasteiger partial charge in [0.15, 0.2) is 6.10 Å². The van der Waals surface area contributed by atoms with Crippen molar-refractivity contribution in [2.45, 2.75) is 424 Å². The third kappa shape index (κ3) is 93.7. The standard InChI is InChI=1S/C101H174O16P2/c1-4-7-10-13-16-19-22-25-28-31-34-36-38-40-42-44-46-47-49-51-52-54-56-58-61-63-66-69-72-75-78-81-84-87-99(104)111-90-96(102)91-113-118(107,108)114-92-97(103)93-115-119(109,110)116-95-98(117-101(106)89-86-83-80-77-74-71-68-65-60-33-30-27-24-21-18-15-12-9-6-3)94-112-100(105)88-85-82-79-76-73-70-67-64-62-59-57-55-53-50-48-45-43-41-39-37-35-32-29-26-23-20-17-14-11-8-5-2/h7-8,10-11,16-21,25-30,34-37,40-43,60,65,96-98,102-103H,4-6,9,12-15,22-24,31-33,38-39,44-59,61-64,66-95H2,1-3H3,(H,107,108)(H,109,110)/b10-7-,11-8-,19-16-,20-17-,21-18-,28-25-,29-26-,30-27-,36-34-,37-35-,42-40-,43-41-,65-60-. The fourth-order valence-electron chi connectivity index (χ4n) is 13.0. The maximum absolute atomic E-state index is 13.1.